The second kappa shape index (κ2) is 8.10. The molecule has 3 aromatic rings. The van der Waals surface area contributed by atoms with Crippen molar-refractivity contribution >= 4 is 11.9 Å². The Morgan fingerprint density at radius 3 is 2.27 bits per heavy atom. The van der Waals surface area contributed by atoms with Gasteiger partial charge in [-0.1, -0.05) is 35.5 Å². The summed E-state index contributed by atoms with van der Waals surface area (Å²) in [6.07, 6.45) is 1.05. The molecule has 0 unspecified atom stereocenters. The monoisotopic (exact) mass is 405 g/mol. The van der Waals surface area contributed by atoms with Crippen molar-refractivity contribution < 1.29 is 18.8 Å². The molecule has 2 aromatic carbocycles. The number of likely N-dealkylation sites (tertiary alicyclic amines) is 1. The number of esters is 1. The van der Waals surface area contributed by atoms with Crippen molar-refractivity contribution in [1.29, 1.82) is 0 Å². The largest absolute Gasteiger partial charge is 0.468 e. The van der Waals surface area contributed by atoms with Crippen molar-refractivity contribution in [2.75, 3.05) is 20.2 Å². The van der Waals surface area contributed by atoms with Gasteiger partial charge in [0.15, 0.2) is 5.82 Å². The van der Waals surface area contributed by atoms with Crippen LogP contribution in [0.4, 0.5) is 0 Å². The number of carbonyl (C=O) groups is 2. The Hall–Kier alpha value is -3.48. The smallest absolute Gasteiger partial charge is 0.316 e. The normalized spacial score (nSPS) is 15.6. The van der Waals surface area contributed by atoms with E-state index in [1.54, 1.807) is 36.1 Å². The van der Waals surface area contributed by atoms with Crippen molar-refractivity contribution in [3.8, 4) is 11.5 Å². The molecule has 7 heteroatoms. The van der Waals surface area contributed by atoms with Gasteiger partial charge in [-0.2, -0.15) is 4.98 Å². The molecule has 1 aliphatic heterocycles. The minimum absolute atomic E-state index is 0.0604. The van der Waals surface area contributed by atoms with E-state index in [1.165, 1.54) is 7.11 Å². The molecule has 1 saturated heterocycles. The number of hydrogen-bond donors (Lipinski definition) is 0. The van der Waals surface area contributed by atoms with Gasteiger partial charge >= 0.3 is 5.97 Å². The van der Waals surface area contributed by atoms with E-state index in [1.807, 2.05) is 30.3 Å². The summed E-state index contributed by atoms with van der Waals surface area (Å²) in [4.78, 5) is 31.6. The van der Waals surface area contributed by atoms with Crippen LogP contribution in [0.3, 0.4) is 0 Å². The molecule has 1 fully saturated rings. The van der Waals surface area contributed by atoms with Crippen molar-refractivity contribution in [1.82, 2.24) is 15.0 Å². The van der Waals surface area contributed by atoms with Crippen molar-refractivity contribution in [3.63, 3.8) is 0 Å². The third-order valence-corrected chi connectivity index (χ3v) is 5.71. The first-order valence-electron chi connectivity index (χ1n) is 9.87. The van der Waals surface area contributed by atoms with E-state index in [9.17, 15) is 9.59 Å². The number of rotatable bonds is 4. The SMILES string of the molecule is COC(=O)C1(c2ccccc2)CCN(C(=O)c2ccc(-c3nc(C)no3)cc2)CC1. The van der Waals surface area contributed by atoms with Crippen LogP contribution in [-0.2, 0) is 14.9 Å². The lowest BCUT2D eigenvalue weighted by Gasteiger charge is -2.40. The third kappa shape index (κ3) is 3.58. The highest BCUT2D eigenvalue weighted by Gasteiger charge is 2.44. The number of hydrogen-bond acceptors (Lipinski definition) is 6. The van der Waals surface area contributed by atoms with E-state index in [0.29, 0.717) is 43.2 Å². The molecule has 0 N–H and O–H groups in total. The second-order valence-electron chi connectivity index (χ2n) is 7.46. The van der Waals surface area contributed by atoms with E-state index in [2.05, 4.69) is 10.1 Å². The number of benzene rings is 2. The first kappa shape index (κ1) is 19.8. The Balaban J connectivity index is 1.49. The zero-order chi connectivity index (χ0) is 21.1. The quantitative estimate of drug-likeness (QED) is 0.619. The van der Waals surface area contributed by atoms with Gasteiger partial charge in [0.2, 0.25) is 0 Å². The molecule has 1 aliphatic rings. The van der Waals surface area contributed by atoms with Crippen LogP contribution in [0.1, 0.15) is 34.6 Å². The van der Waals surface area contributed by atoms with Gasteiger partial charge in [-0.05, 0) is 49.6 Å². The summed E-state index contributed by atoms with van der Waals surface area (Å²) in [6.45, 7) is 2.71. The number of carbonyl (C=O) groups excluding carboxylic acids is 2. The Morgan fingerprint density at radius 2 is 1.70 bits per heavy atom. The van der Waals surface area contributed by atoms with Gasteiger partial charge in [0.1, 0.15) is 0 Å². The van der Waals surface area contributed by atoms with Crippen LogP contribution in [0.5, 0.6) is 0 Å². The molecule has 0 spiro atoms. The average molecular weight is 405 g/mol. The molecular formula is C23H23N3O4. The summed E-state index contributed by atoms with van der Waals surface area (Å²) in [5, 5.41) is 3.78. The molecule has 0 aliphatic carbocycles. The van der Waals surface area contributed by atoms with Crippen LogP contribution in [0.2, 0.25) is 0 Å². The van der Waals surface area contributed by atoms with Gasteiger partial charge in [-0.15, -0.1) is 0 Å². The van der Waals surface area contributed by atoms with Gasteiger partial charge in [0, 0.05) is 24.2 Å². The summed E-state index contributed by atoms with van der Waals surface area (Å²) in [5.41, 5.74) is 1.56. The third-order valence-electron chi connectivity index (χ3n) is 5.71. The Kier molecular flexibility index (Phi) is 5.35. The van der Waals surface area contributed by atoms with Gasteiger partial charge in [0.05, 0.1) is 12.5 Å². The molecule has 30 heavy (non-hydrogen) atoms. The number of methoxy groups -OCH3 is 1. The molecule has 1 aromatic heterocycles. The van der Waals surface area contributed by atoms with Crippen LogP contribution in [0, 0.1) is 6.92 Å². The van der Waals surface area contributed by atoms with E-state index in [0.717, 1.165) is 11.1 Å². The molecule has 4 rings (SSSR count). The molecule has 0 saturated carbocycles. The zero-order valence-corrected chi connectivity index (χ0v) is 17.0. The molecular weight excluding hydrogens is 382 g/mol. The minimum Gasteiger partial charge on any atom is -0.468 e. The average Bonchev–Trinajstić information content (AvgIpc) is 3.25. The number of aromatic nitrogens is 2. The predicted octanol–water partition coefficient (Wildman–Crippen LogP) is 3.39. The van der Waals surface area contributed by atoms with Crippen LogP contribution in [0.15, 0.2) is 59.1 Å². The molecule has 0 atom stereocenters. The maximum absolute atomic E-state index is 13.0. The van der Waals surface area contributed by atoms with Gasteiger partial charge in [-0.3, -0.25) is 9.59 Å². The van der Waals surface area contributed by atoms with Gasteiger partial charge in [0.25, 0.3) is 11.8 Å². The Labute approximate surface area is 174 Å². The minimum atomic E-state index is -0.716. The molecule has 7 nitrogen and oxygen atoms in total. The molecule has 0 bridgehead atoms. The molecule has 1 amide bonds. The van der Waals surface area contributed by atoms with E-state index in [4.69, 9.17) is 9.26 Å². The molecule has 154 valence electrons. The standard InChI is InChI=1S/C23H23N3O4/c1-16-24-20(30-25-16)17-8-10-18(11-9-17)21(27)26-14-12-23(13-15-26,22(28)29-2)19-6-4-3-5-7-19/h3-11H,12-15H2,1-2H3. The van der Waals surface area contributed by atoms with E-state index in [-0.39, 0.29) is 11.9 Å². The molecule has 0 radical (unpaired) electrons. The van der Waals surface area contributed by atoms with Crippen molar-refractivity contribution in [2.45, 2.75) is 25.2 Å². The number of aryl methyl sites for hydroxylation is 1. The fourth-order valence-electron chi connectivity index (χ4n) is 4.01. The fraction of sp³-hybridized carbons (Fsp3) is 0.304. The summed E-state index contributed by atoms with van der Waals surface area (Å²) in [5.74, 6) is 0.677. The fourth-order valence-corrected chi connectivity index (χ4v) is 4.01. The highest BCUT2D eigenvalue weighted by Crippen LogP contribution is 2.37. The summed E-state index contributed by atoms with van der Waals surface area (Å²) in [6, 6.07) is 16.8. The predicted molar refractivity (Wildman–Crippen MR) is 110 cm³/mol. The maximum atomic E-state index is 13.0. The lowest BCUT2D eigenvalue weighted by Crippen LogP contribution is -2.49. The summed E-state index contributed by atoms with van der Waals surface area (Å²) >= 11 is 0. The summed E-state index contributed by atoms with van der Waals surface area (Å²) in [7, 11) is 1.41. The number of ether oxygens (including phenoxy) is 1. The zero-order valence-electron chi connectivity index (χ0n) is 17.0. The topological polar surface area (TPSA) is 85.5 Å². The molecule has 2 heterocycles. The number of nitrogens with zero attached hydrogens (tertiary/aromatic N) is 3. The number of amides is 1. The summed E-state index contributed by atoms with van der Waals surface area (Å²) < 4.78 is 10.3. The first-order chi connectivity index (χ1) is 14.5. The number of piperidine rings is 1. The van der Waals surface area contributed by atoms with E-state index >= 15 is 0 Å². The van der Waals surface area contributed by atoms with Crippen molar-refractivity contribution in [2.24, 2.45) is 0 Å². The second-order valence-corrected chi connectivity index (χ2v) is 7.46. The highest BCUT2D eigenvalue weighted by atomic mass is 16.5. The van der Waals surface area contributed by atoms with Crippen LogP contribution in [-0.4, -0.2) is 47.1 Å². The lowest BCUT2D eigenvalue weighted by molar-refractivity contribution is -0.149. The maximum Gasteiger partial charge on any atom is 0.316 e. The Morgan fingerprint density at radius 1 is 1.03 bits per heavy atom. The van der Waals surface area contributed by atoms with Gasteiger partial charge < -0.3 is 14.2 Å². The van der Waals surface area contributed by atoms with Gasteiger partial charge in [-0.25, -0.2) is 0 Å². The lowest BCUT2D eigenvalue weighted by atomic mass is 9.72. The van der Waals surface area contributed by atoms with Crippen LogP contribution < -0.4 is 0 Å². The van der Waals surface area contributed by atoms with E-state index < -0.39 is 5.41 Å². The highest BCUT2D eigenvalue weighted by molar-refractivity contribution is 5.95. The van der Waals surface area contributed by atoms with Crippen LogP contribution >= 0.6 is 0 Å². The Bertz CT molecular complexity index is 1040. The first-order valence-corrected chi connectivity index (χ1v) is 9.87. The van der Waals surface area contributed by atoms with Crippen molar-refractivity contribution in [3.05, 3.63) is 71.5 Å². The van der Waals surface area contributed by atoms with Crippen LogP contribution in [0.25, 0.3) is 11.5 Å².